The van der Waals surface area contributed by atoms with Crippen molar-refractivity contribution in [2.75, 3.05) is 5.75 Å². The minimum Gasteiger partial charge on any atom is -0.334 e. The van der Waals surface area contributed by atoms with Crippen molar-refractivity contribution < 1.29 is 0 Å². The molecule has 1 aliphatic rings. The Morgan fingerprint density at radius 2 is 2.35 bits per heavy atom. The van der Waals surface area contributed by atoms with Gasteiger partial charge < -0.3 is 4.72 Å². The predicted octanol–water partition coefficient (Wildman–Crippen LogP) is 4.39. The third kappa shape index (κ3) is 5.14. The van der Waals surface area contributed by atoms with Crippen molar-refractivity contribution >= 4 is 11.9 Å². The molecular formula is C15H21NS. The van der Waals surface area contributed by atoms with Gasteiger partial charge in [0.05, 0.1) is 0 Å². The topological polar surface area (TPSA) is 12.0 Å². The minimum absolute atomic E-state index is 0.494. The van der Waals surface area contributed by atoms with E-state index in [4.69, 9.17) is 0 Å². The van der Waals surface area contributed by atoms with Gasteiger partial charge in [-0.1, -0.05) is 50.0 Å². The highest BCUT2D eigenvalue weighted by molar-refractivity contribution is 7.97. The molecule has 1 atom stereocenters. The van der Waals surface area contributed by atoms with E-state index < -0.39 is 0 Å². The van der Waals surface area contributed by atoms with Crippen LogP contribution in [0, 0.1) is 5.92 Å². The van der Waals surface area contributed by atoms with Crippen LogP contribution in [-0.2, 0) is 0 Å². The minimum atomic E-state index is 0.494. The molecular weight excluding hydrogens is 226 g/mol. The van der Waals surface area contributed by atoms with Gasteiger partial charge in [-0.2, -0.15) is 0 Å². The first-order valence-corrected chi connectivity index (χ1v) is 6.87. The third-order valence-electron chi connectivity index (χ3n) is 2.35. The van der Waals surface area contributed by atoms with E-state index in [1.54, 1.807) is 11.9 Å². The average Bonchev–Trinajstić information content (AvgIpc) is 2.41. The zero-order chi connectivity index (χ0) is 12.7. The normalized spacial score (nSPS) is 19.8. The molecule has 92 valence electrons. The number of allylic oxidation sites excluding steroid dienone is 8. The van der Waals surface area contributed by atoms with Gasteiger partial charge in [-0.25, -0.2) is 0 Å². The lowest BCUT2D eigenvalue weighted by atomic mass is 10.0. The van der Waals surface area contributed by atoms with Crippen LogP contribution < -0.4 is 4.72 Å². The lowest BCUT2D eigenvalue weighted by molar-refractivity contribution is 0.936. The van der Waals surface area contributed by atoms with Gasteiger partial charge in [-0.3, -0.25) is 0 Å². The van der Waals surface area contributed by atoms with Crippen molar-refractivity contribution in [3.8, 4) is 0 Å². The van der Waals surface area contributed by atoms with Crippen LogP contribution in [-0.4, -0.2) is 5.75 Å². The van der Waals surface area contributed by atoms with Gasteiger partial charge in [0, 0.05) is 11.4 Å². The second-order valence-corrected chi connectivity index (χ2v) is 5.01. The number of nitrogens with one attached hydrogen (secondary N) is 1. The van der Waals surface area contributed by atoms with Crippen molar-refractivity contribution in [2.24, 2.45) is 5.92 Å². The van der Waals surface area contributed by atoms with Crippen LogP contribution in [0.3, 0.4) is 0 Å². The molecule has 0 spiro atoms. The first-order valence-electron chi connectivity index (χ1n) is 5.89. The SMILES string of the molecule is C=C(C)NSCC1=CC=CC(C)C=C1/C=C\C. The Hall–Kier alpha value is -1.15. The summed E-state index contributed by atoms with van der Waals surface area (Å²) >= 11 is 1.68. The smallest absolute Gasteiger partial charge is 0.0389 e. The quantitative estimate of drug-likeness (QED) is 0.723. The summed E-state index contributed by atoms with van der Waals surface area (Å²) < 4.78 is 3.19. The van der Waals surface area contributed by atoms with E-state index in [-0.39, 0.29) is 0 Å². The van der Waals surface area contributed by atoms with E-state index in [1.807, 2.05) is 6.92 Å². The standard InChI is InChI=1S/C15H21NS/c1-5-7-14-10-13(4)8-6-9-15(14)11-17-16-12(2)3/h5-10,13,16H,2,11H2,1,3-4H3/b7-5-. The molecule has 0 aromatic heterocycles. The molecule has 0 saturated heterocycles. The Morgan fingerprint density at radius 3 is 3.00 bits per heavy atom. The molecule has 0 radical (unpaired) electrons. The summed E-state index contributed by atoms with van der Waals surface area (Å²) in [6.07, 6.45) is 13.1. The largest absolute Gasteiger partial charge is 0.334 e. The van der Waals surface area contributed by atoms with Gasteiger partial charge in [0.15, 0.2) is 0 Å². The molecule has 0 bridgehead atoms. The molecule has 0 heterocycles. The first kappa shape index (κ1) is 13.9. The molecule has 0 fully saturated rings. The van der Waals surface area contributed by atoms with E-state index in [9.17, 15) is 0 Å². The maximum atomic E-state index is 3.83. The van der Waals surface area contributed by atoms with Crippen LogP contribution in [0.4, 0.5) is 0 Å². The highest BCUT2D eigenvalue weighted by Gasteiger charge is 2.06. The maximum absolute atomic E-state index is 3.83. The lowest BCUT2D eigenvalue weighted by Crippen LogP contribution is -2.02. The predicted molar refractivity (Wildman–Crippen MR) is 79.7 cm³/mol. The lowest BCUT2D eigenvalue weighted by Gasteiger charge is -2.09. The number of hydrogen-bond donors (Lipinski definition) is 1. The summed E-state index contributed by atoms with van der Waals surface area (Å²) in [5.74, 6) is 1.44. The highest BCUT2D eigenvalue weighted by atomic mass is 32.2. The highest BCUT2D eigenvalue weighted by Crippen LogP contribution is 2.22. The van der Waals surface area contributed by atoms with E-state index in [0.29, 0.717) is 5.92 Å². The van der Waals surface area contributed by atoms with Crippen LogP contribution >= 0.6 is 11.9 Å². The zero-order valence-electron chi connectivity index (χ0n) is 10.9. The summed E-state index contributed by atoms with van der Waals surface area (Å²) in [5.41, 5.74) is 3.66. The van der Waals surface area contributed by atoms with Crippen molar-refractivity contribution in [1.29, 1.82) is 0 Å². The molecule has 17 heavy (non-hydrogen) atoms. The van der Waals surface area contributed by atoms with E-state index in [0.717, 1.165) is 11.4 Å². The van der Waals surface area contributed by atoms with E-state index >= 15 is 0 Å². The van der Waals surface area contributed by atoms with Crippen LogP contribution in [0.1, 0.15) is 20.8 Å². The fraction of sp³-hybridized carbons (Fsp3) is 0.333. The van der Waals surface area contributed by atoms with E-state index in [1.165, 1.54) is 11.1 Å². The molecule has 2 heteroatoms. The van der Waals surface area contributed by atoms with Gasteiger partial charge >= 0.3 is 0 Å². The van der Waals surface area contributed by atoms with Gasteiger partial charge in [0.1, 0.15) is 0 Å². The number of hydrogen-bond acceptors (Lipinski definition) is 2. The molecule has 0 aliphatic heterocycles. The average molecular weight is 247 g/mol. The molecule has 0 saturated carbocycles. The van der Waals surface area contributed by atoms with Crippen LogP contribution in [0.15, 0.2) is 59.9 Å². The summed E-state index contributed by atoms with van der Waals surface area (Å²) in [4.78, 5) is 0. The molecule has 1 N–H and O–H groups in total. The zero-order valence-corrected chi connectivity index (χ0v) is 11.7. The molecule has 0 aromatic carbocycles. The Kier molecular flexibility index (Phi) is 5.92. The van der Waals surface area contributed by atoms with E-state index in [2.05, 4.69) is 61.6 Å². The van der Waals surface area contributed by atoms with Gasteiger partial charge in [-0.15, -0.1) is 0 Å². The Morgan fingerprint density at radius 1 is 1.59 bits per heavy atom. The van der Waals surface area contributed by atoms with Crippen molar-refractivity contribution in [1.82, 2.24) is 4.72 Å². The monoisotopic (exact) mass is 247 g/mol. The summed E-state index contributed by atoms with van der Waals surface area (Å²) in [6.45, 7) is 10.1. The fourth-order valence-corrected chi connectivity index (χ4v) is 2.34. The summed E-state index contributed by atoms with van der Waals surface area (Å²) in [6, 6.07) is 0. The molecule has 1 aliphatic carbocycles. The van der Waals surface area contributed by atoms with Crippen molar-refractivity contribution in [3.05, 3.63) is 59.9 Å². The van der Waals surface area contributed by atoms with Crippen LogP contribution in [0.25, 0.3) is 0 Å². The van der Waals surface area contributed by atoms with Crippen LogP contribution in [0.5, 0.6) is 0 Å². The van der Waals surface area contributed by atoms with Crippen LogP contribution in [0.2, 0.25) is 0 Å². The van der Waals surface area contributed by atoms with Crippen molar-refractivity contribution in [2.45, 2.75) is 20.8 Å². The van der Waals surface area contributed by atoms with Gasteiger partial charge in [0.25, 0.3) is 0 Å². The summed E-state index contributed by atoms with van der Waals surface area (Å²) in [7, 11) is 0. The van der Waals surface area contributed by atoms with Gasteiger partial charge in [-0.05, 0) is 42.9 Å². The molecule has 1 unspecified atom stereocenters. The Bertz CT molecular complexity index is 386. The second kappa shape index (κ2) is 7.23. The molecule has 1 rings (SSSR count). The Labute approximate surface area is 109 Å². The first-order chi connectivity index (χ1) is 8.13. The summed E-state index contributed by atoms with van der Waals surface area (Å²) in [5, 5.41) is 0. The second-order valence-electron chi connectivity index (χ2n) is 4.23. The van der Waals surface area contributed by atoms with Gasteiger partial charge in [0.2, 0.25) is 0 Å². The molecule has 1 nitrogen and oxygen atoms in total. The molecule has 0 amide bonds. The van der Waals surface area contributed by atoms with Crippen molar-refractivity contribution in [3.63, 3.8) is 0 Å². The third-order valence-corrected chi connectivity index (χ3v) is 3.29. The molecule has 0 aromatic rings. The maximum Gasteiger partial charge on any atom is 0.0389 e. The fourth-order valence-electron chi connectivity index (χ4n) is 1.60. The Balaban J connectivity index is 2.72. The number of rotatable bonds is 5.